The largest absolute Gasteiger partial charge is 0.464 e. The van der Waals surface area contributed by atoms with Crippen LogP contribution >= 0.6 is 0 Å². The van der Waals surface area contributed by atoms with Crippen molar-refractivity contribution in [2.75, 3.05) is 0 Å². The molecule has 1 aromatic carbocycles. The third-order valence-corrected chi connectivity index (χ3v) is 4.30. The molecule has 20 heavy (non-hydrogen) atoms. The molecule has 1 heterocycles. The van der Waals surface area contributed by atoms with E-state index in [1.54, 1.807) is 0 Å². The second-order valence-electron chi connectivity index (χ2n) is 5.21. The molecule has 0 fully saturated rings. The predicted molar refractivity (Wildman–Crippen MR) is 82.0 cm³/mol. The summed E-state index contributed by atoms with van der Waals surface area (Å²) in [6, 6.07) is 12.1. The summed E-state index contributed by atoms with van der Waals surface area (Å²) in [7, 11) is -1.06. The highest BCUT2D eigenvalue weighted by Gasteiger charge is 2.09. The van der Waals surface area contributed by atoms with Gasteiger partial charge >= 0.3 is 0 Å². The van der Waals surface area contributed by atoms with E-state index in [0.29, 0.717) is 18.3 Å². The zero-order valence-corrected chi connectivity index (χ0v) is 13.0. The first kappa shape index (κ1) is 15.0. The molecule has 1 aromatic heterocycles. The van der Waals surface area contributed by atoms with Crippen molar-refractivity contribution in [1.82, 2.24) is 5.32 Å². The lowest BCUT2D eigenvalue weighted by Gasteiger charge is -2.05. The Bertz CT molecular complexity index is 572. The summed E-state index contributed by atoms with van der Waals surface area (Å²) in [5.74, 6) is 2.07. The quantitative estimate of drug-likeness (QED) is 0.887. The van der Waals surface area contributed by atoms with Gasteiger partial charge in [0.25, 0.3) is 0 Å². The van der Waals surface area contributed by atoms with Gasteiger partial charge in [-0.15, -0.1) is 0 Å². The summed E-state index contributed by atoms with van der Waals surface area (Å²) in [5, 5.41) is 3.30. The van der Waals surface area contributed by atoms with Crippen LogP contribution in [0.4, 0.5) is 0 Å². The van der Waals surface area contributed by atoms with Crippen molar-refractivity contribution in [3.63, 3.8) is 0 Å². The van der Waals surface area contributed by atoms with Crippen LogP contribution in [-0.2, 0) is 23.1 Å². The van der Waals surface area contributed by atoms with E-state index in [-0.39, 0.29) is 0 Å². The first-order valence-corrected chi connectivity index (χ1v) is 8.12. The minimum Gasteiger partial charge on any atom is -0.464 e. The number of hydrogen-bond donors (Lipinski definition) is 1. The zero-order valence-electron chi connectivity index (χ0n) is 12.2. The summed E-state index contributed by atoms with van der Waals surface area (Å²) in [6.45, 7) is 6.91. The van der Waals surface area contributed by atoms with Gasteiger partial charge in [-0.2, -0.15) is 0 Å². The highest BCUT2D eigenvalue weighted by atomic mass is 32.2. The van der Waals surface area contributed by atoms with E-state index >= 15 is 0 Å². The van der Waals surface area contributed by atoms with Crippen molar-refractivity contribution < 1.29 is 8.63 Å². The van der Waals surface area contributed by atoms with E-state index in [9.17, 15) is 4.21 Å². The second-order valence-corrected chi connectivity index (χ2v) is 6.66. The van der Waals surface area contributed by atoms with Crippen LogP contribution in [0.2, 0.25) is 0 Å². The molecule has 0 spiro atoms. The monoisotopic (exact) mass is 291 g/mol. The third kappa shape index (κ3) is 4.32. The molecule has 3 nitrogen and oxygen atoms in total. The van der Waals surface area contributed by atoms with Crippen LogP contribution in [-0.4, -0.2) is 10.3 Å². The van der Waals surface area contributed by atoms with Gasteiger partial charge < -0.3 is 9.73 Å². The molecule has 0 saturated carbocycles. The Balaban J connectivity index is 1.96. The fourth-order valence-corrected chi connectivity index (χ4v) is 2.82. The van der Waals surface area contributed by atoms with Crippen molar-refractivity contribution in [2.24, 2.45) is 0 Å². The van der Waals surface area contributed by atoms with Crippen molar-refractivity contribution >= 4 is 10.8 Å². The van der Waals surface area contributed by atoms with E-state index in [4.69, 9.17) is 4.42 Å². The average molecular weight is 291 g/mol. The van der Waals surface area contributed by atoms with Crippen LogP contribution in [0, 0.1) is 6.92 Å². The smallest absolute Gasteiger partial charge is 0.118 e. The fraction of sp³-hybridized carbons (Fsp3) is 0.375. The molecule has 1 unspecified atom stereocenters. The van der Waals surface area contributed by atoms with Gasteiger partial charge in [0.2, 0.25) is 0 Å². The molecule has 1 atom stereocenters. The van der Waals surface area contributed by atoms with Crippen molar-refractivity contribution in [1.29, 1.82) is 0 Å². The number of hydrogen-bond acceptors (Lipinski definition) is 3. The number of aryl methyl sites for hydroxylation is 1. The Labute approximate surface area is 122 Å². The van der Waals surface area contributed by atoms with Crippen LogP contribution in [0.1, 0.15) is 30.9 Å². The highest BCUT2D eigenvalue weighted by molar-refractivity contribution is 7.84. The van der Waals surface area contributed by atoms with Gasteiger partial charge in [0, 0.05) is 10.9 Å². The molecule has 0 aliphatic rings. The van der Waals surface area contributed by atoms with Gasteiger partial charge in [0.05, 0.1) is 23.1 Å². The van der Waals surface area contributed by atoms with Crippen LogP contribution < -0.4 is 5.32 Å². The average Bonchev–Trinajstić information content (AvgIpc) is 2.84. The van der Waals surface area contributed by atoms with Gasteiger partial charge in [-0.1, -0.05) is 31.5 Å². The summed E-state index contributed by atoms with van der Waals surface area (Å²) in [5.41, 5.74) is 1.17. The van der Waals surface area contributed by atoms with E-state index in [0.717, 1.165) is 16.4 Å². The SMILES string of the molecule is Cc1ccc(S(=O)Cc2ccc(CNC(C)C)o2)cc1. The lowest BCUT2D eigenvalue weighted by atomic mass is 10.2. The summed E-state index contributed by atoms with van der Waals surface area (Å²) in [4.78, 5) is 0.842. The number of nitrogens with one attached hydrogen (secondary N) is 1. The molecule has 0 bridgehead atoms. The highest BCUT2D eigenvalue weighted by Crippen LogP contribution is 2.15. The molecule has 0 amide bonds. The number of furan rings is 1. The topological polar surface area (TPSA) is 42.2 Å². The molecule has 108 valence electrons. The fourth-order valence-electron chi connectivity index (χ4n) is 1.80. The van der Waals surface area contributed by atoms with E-state index in [2.05, 4.69) is 19.2 Å². The molecule has 2 rings (SSSR count). The van der Waals surface area contributed by atoms with Crippen LogP contribution in [0.25, 0.3) is 0 Å². The van der Waals surface area contributed by atoms with E-state index < -0.39 is 10.8 Å². The minimum atomic E-state index is -1.06. The maximum absolute atomic E-state index is 12.2. The third-order valence-electron chi connectivity index (χ3n) is 2.96. The zero-order chi connectivity index (χ0) is 14.5. The maximum atomic E-state index is 12.2. The van der Waals surface area contributed by atoms with Crippen LogP contribution in [0.5, 0.6) is 0 Å². The Morgan fingerprint density at radius 1 is 1.10 bits per heavy atom. The maximum Gasteiger partial charge on any atom is 0.118 e. The molecular formula is C16H21NO2S. The molecule has 2 aromatic rings. The van der Waals surface area contributed by atoms with Gasteiger partial charge in [0.15, 0.2) is 0 Å². The molecule has 0 aliphatic carbocycles. The summed E-state index contributed by atoms with van der Waals surface area (Å²) in [6.07, 6.45) is 0. The minimum absolute atomic E-state index is 0.421. The Hall–Kier alpha value is -1.39. The van der Waals surface area contributed by atoms with Gasteiger partial charge in [-0.3, -0.25) is 4.21 Å². The summed E-state index contributed by atoms with van der Waals surface area (Å²) < 4.78 is 17.9. The van der Waals surface area contributed by atoms with E-state index in [1.807, 2.05) is 43.3 Å². The number of benzene rings is 1. The van der Waals surface area contributed by atoms with Crippen molar-refractivity contribution in [2.45, 2.75) is 44.0 Å². The van der Waals surface area contributed by atoms with Crippen LogP contribution in [0.15, 0.2) is 45.7 Å². The first-order valence-electron chi connectivity index (χ1n) is 6.80. The van der Waals surface area contributed by atoms with Crippen LogP contribution in [0.3, 0.4) is 0 Å². The Morgan fingerprint density at radius 3 is 2.40 bits per heavy atom. The molecule has 0 radical (unpaired) electrons. The van der Waals surface area contributed by atoms with E-state index in [1.165, 1.54) is 5.56 Å². The lowest BCUT2D eigenvalue weighted by molar-refractivity contribution is 0.445. The molecular weight excluding hydrogens is 270 g/mol. The van der Waals surface area contributed by atoms with Gasteiger partial charge in [0.1, 0.15) is 11.5 Å². The molecule has 1 N–H and O–H groups in total. The normalized spacial score (nSPS) is 12.8. The lowest BCUT2D eigenvalue weighted by Crippen LogP contribution is -2.21. The standard InChI is InChI=1S/C16H21NO2S/c1-12(2)17-10-14-6-7-15(19-14)11-20(18)16-8-4-13(3)5-9-16/h4-9,12,17H,10-11H2,1-3H3. The molecule has 0 saturated heterocycles. The van der Waals surface area contributed by atoms with Crippen molar-refractivity contribution in [3.05, 3.63) is 53.5 Å². The van der Waals surface area contributed by atoms with Crippen molar-refractivity contribution in [3.8, 4) is 0 Å². The second kappa shape index (κ2) is 6.86. The molecule has 0 aliphatic heterocycles. The first-order chi connectivity index (χ1) is 9.54. The summed E-state index contributed by atoms with van der Waals surface area (Å²) >= 11 is 0. The Morgan fingerprint density at radius 2 is 1.75 bits per heavy atom. The predicted octanol–water partition coefficient (Wildman–Crippen LogP) is 3.39. The number of rotatable bonds is 6. The Kier molecular flexibility index (Phi) is 5.15. The molecule has 4 heteroatoms. The van der Waals surface area contributed by atoms with Gasteiger partial charge in [-0.25, -0.2) is 0 Å². The van der Waals surface area contributed by atoms with Gasteiger partial charge in [-0.05, 0) is 31.2 Å².